The molecular formula is C27H29ClO5. The van der Waals surface area contributed by atoms with Gasteiger partial charge in [0.05, 0.1) is 41.4 Å². The third-order valence-corrected chi connectivity index (χ3v) is 6.59. The number of hydrogen-bond donors (Lipinski definition) is 0. The Morgan fingerprint density at radius 2 is 0.758 bits per heavy atom. The number of hydrogen-bond acceptors (Lipinski definition) is 5. The van der Waals surface area contributed by atoms with E-state index in [9.17, 15) is 0 Å². The number of methoxy groups -OCH3 is 5. The molecular weight excluding hydrogens is 440 g/mol. The monoisotopic (exact) mass is 468 g/mol. The van der Waals surface area contributed by atoms with Crippen LogP contribution >= 0.6 is 11.6 Å². The predicted octanol–water partition coefficient (Wildman–Crippen LogP) is 5.55. The van der Waals surface area contributed by atoms with Crippen LogP contribution in [0.3, 0.4) is 0 Å². The summed E-state index contributed by atoms with van der Waals surface area (Å²) in [6, 6.07) is 12.6. The summed E-state index contributed by atoms with van der Waals surface area (Å²) >= 11 is 6.25. The highest BCUT2D eigenvalue weighted by Crippen LogP contribution is 2.39. The van der Waals surface area contributed by atoms with E-state index < -0.39 is 0 Å². The Balaban J connectivity index is 1.99. The van der Waals surface area contributed by atoms with Crippen LogP contribution in [0.5, 0.6) is 28.7 Å². The zero-order valence-corrected chi connectivity index (χ0v) is 20.5. The van der Waals surface area contributed by atoms with Crippen molar-refractivity contribution in [2.24, 2.45) is 0 Å². The topological polar surface area (TPSA) is 46.2 Å². The molecule has 0 amide bonds. The summed E-state index contributed by atoms with van der Waals surface area (Å²) in [5.41, 5.74) is 8.09. The molecule has 0 fully saturated rings. The van der Waals surface area contributed by atoms with Crippen LogP contribution in [-0.2, 0) is 25.1 Å². The Hall–Kier alpha value is -3.05. The number of fused-ring (bicyclic) bond motifs is 3. The average Bonchev–Trinajstić information content (AvgIpc) is 2.90. The van der Waals surface area contributed by atoms with Gasteiger partial charge < -0.3 is 23.7 Å². The van der Waals surface area contributed by atoms with Crippen LogP contribution in [-0.4, -0.2) is 35.5 Å². The van der Waals surface area contributed by atoms with Crippen molar-refractivity contribution in [1.29, 1.82) is 0 Å². The molecule has 0 radical (unpaired) electrons. The van der Waals surface area contributed by atoms with E-state index in [0.29, 0.717) is 23.1 Å². The van der Waals surface area contributed by atoms with Gasteiger partial charge in [-0.25, -0.2) is 0 Å². The maximum atomic E-state index is 6.25. The fraction of sp³-hybridized carbons (Fsp3) is 0.333. The van der Waals surface area contributed by atoms with Gasteiger partial charge in [-0.1, -0.05) is 6.07 Å². The molecule has 174 valence electrons. The lowest BCUT2D eigenvalue weighted by molar-refractivity contribution is 0.353. The summed E-state index contributed by atoms with van der Waals surface area (Å²) in [6.07, 6.45) is 2.23. The van der Waals surface area contributed by atoms with Gasteiger partial charge in [0.2, 0.25) is 0 Å². The van der Waals surface area contributed by atoms with Gasteiger partial charge in [-0.3, -0.25) is 0 Å². The first-order chi connectivity index (χ1) is 16.0. The molecule has 1 aliphatic rings. The molecule has 0 bridgehead atoms. The van der Waals surface area contributed by atoms with Crippen LogP contribution in [0.2, 0.25) is 0 Å². The van der Waals surface area contributed by atoms with Crippen LogP contribution in [0.25, 0.3) is 0 Å². The van der Waals surface area contributed by atoms with Crippen LogP contribution < -0.4 is 23.7 Å². The number of alkyl halides is 1. The molecule has 5 nitrogen and oxygen atoms in total. The average molecular weight is 469 g/mol. The Morgan fingerprint density at radius 3 is 1.03 bits per heavy atom. The standard InChI is InChI=1S/C27H29ClO5/c1-29-23-10-17-7-19-12-25(31-3)27(33-5)14-21(19)8-20-13-26(32-4)24(30-2)11-18(20)6-16(17)9-22(23)15-28/h9-14H,6-8,15H2,1-5H3. The van der Waals surface area contributed by atoms with Gasteiger partial charge in [0.1, 0.15) is 5.75 Å². The molecule has 0 saturated carbocycles. The van der Waals surface area contributed by atoms with Gasteiger partial charge in [-0.15, -0.1) is 11.6 Å². The highest BCUT2D eigenvalue weighted by atomic mass is 35.5. The van der Waals surface area contributed by atoms with Gasteiger partial charge in [-0.2, -0.15) is 0 Å². The molecule has 0 atom stereocenters. The normalized spacial score (nSPS) is 12.3. The Labute approximate surface area is 200 Å². The second-order valence-electron chi connectivity index (χ2n) is 8.05. The fourth-order valence-corrected chi connectivity index (χ4v) is 4.75. The first kappa shape index (κ1) is 23.1. The van der Waals surface area contributed by atoms with Crippen molar-refractivity contribution in [3.8, 4) is 28.7 Å². The zero-order valence-electron chi connectivity index (χ0n) is 19.7. The Bertz CT molecular complexity index is 939. The van der Waals surface area contributed by atoms with E-state index in [-0.39, 0.29) is 0 Å². The first-order valence-corrected chi connectivity index (χ1v) is 11.3. The van der Waals surface area contributed by atoms with Gasteiger partial charge in [0, 0.05) is 5.56 Å². The van der Waals surface area contributed by atoms with E-state index in [2.05, 4.69) is 36.4 Å². The lowest BCUT2D eigenvalue weighted by atomic mass is 9.93. The van der Waals surface area contributed by atoms with E-state index in [4.69, 9.17) is 35.3 Å². The summed E-state index contributed by atoms with van der Waals surface area (Å²) in [6.45, 7) is 0. The van der Waals surface area contributed by atoms with Crippen molar-refractivity contribution in [2.75, 3.05) is 35.5 Å². The molecule has 0 N–H and O–H groups in total. The molecule has 0 heterocycles. The molecule has 0 aliphatic heterocycles. The van der Waals surface area contributed by atoms with Crippen molar-refractivity contribution in [1.82, 2.24) is 0 Å². The number of ether oxygens (including phenoxy) is 5. The van der Waals surface area contributed by atoms with Gasteiger partial charge >= 0.3 is 0 Å². The molecule has 4 rings (SSSR count). The third-order valence-electron chi connectivity index (χ3n) is 6.30. The molecule has 0 aromatic heterocycles. The summed E-state index contributed by atoms with van der Waals surface area (Å²) in [7, 11) is 8.33. The summed E-state index contributed by atoms with van der Waals surface area (Å²) < 4.78 is 28.1. The molecule has 33 heavy (non-hydrogen) atoms. The summed E-state index contributed by atoms with van der Waals surface area (Å²) in [5.74, 6) is 4.06. The molecule has 3 aromatic carbocycles. The molecule has 6 heteroatoms. The van der Waals surface area contributed by atoms with Gasteiger partial charge in [0.15, 0.2) is 23.0 Å². The molecule has 1 aliphatic carbocycles. The van der Waals surface area contributed by atoms with Crippen molar-refractivity contribution in [2.45, 2.75) is 25.1 Å². The minimum Gasteiger partial charge on any atom is -0.496 e. The van der Waals surface area contributed by atoms with E-state index in [1.807, 2.05) is 0 Å². The second-order valence-corrected chi connectivity index (χ2v) is 8.32. The lowest BCUT2D eigenvalue weighted by Gasteiger charge is -2.17. The van der Waals surface area contributed by atoms with Crippen LogP contribution in [0, 0.1) is 0 Å². The number of benzene rings is 3. The fourth-order valence-electron chi connectivity index (χ4n) is 4.54. The Morgan fingerprint density at radius 1 is 0.485 bits per heavy atom. The molecule has 0 unspecified atom stereocenters. The van der Waals surface area contributed by atoms with E-state index >= 15 is 0 Å². The molecule has 0 spiro atoms. The van der Waals surface area contributed by atoms with E-state index in [1.54, 1.807) is 35.5 Å². The van der Waals surface area contributed by atoms with E-state index in [0.717, 1.165) is 36.3 Å². The van der Waals surface area contributed by atoms with Gasteiger partial charge in [0.25, 0.3) is 0 Å². The molecule has 3 aromatic rings. The number of halogens is 1. The van der Waals surface area contributed by atoms with Crippen LogP contribution in [0.15, 0.2) is 36.4 Å². The Kier molecular flexibility index (Phi) is 6.89. The predicted molar refractivity (Wildman–Crippen MR) is 130 cm³/mol. The summed E-state index contributed by atoms with van der Waals surface area (Å²) in [4.78, 5) is 0. The third kappa shape index (κ3) is 4.42. The minimum atomic E-state index is 0.386. The minimum absolute atomic E-state index is 0.386. The second kappa shape index (κ2) is 9.84. The smallest absolute Gasteiger partial charge is 0.161 e. The maximum absolute atomic E-state index is 6.25. The highest BCUT2D eigenvalue weighted by molar-refractivity contribution is 6.17. The SMILES string of the molecule is COc1cc2c(cc1CCl)Cc1cc(OC)c(OC)cc1Cc1cc(OC)c(OC)cc1C2. The quantitative estimate of drug-likeness (QED) is 0.347. The first-order valence-electron chi connectivity index (χ1n) is 10.8. The number of rotatable bonds is 6. The lowest BCUT2D eigenvalue weighted by Crippen LogP contribution is -2.02. The van der Waals surface area contributed by atoms with Crippen LogP contribution in [0.4, 0.5) is 0 Å². The maximum Gasteiger partial charge on any atom is 0.161 e. The van der Waals surface area contributed by atoms with Crippen molar-refractivity contribution >= 4 is 11.6 Å². The zero-order chi connectivity index (χ0) is 23.5. The van der Waals surface area contributed by atoms with Crippen molar-refractivity contribution in [3.63, 3.8) is 0 Å². The van der Waals surface area contributed by atoms with E-state index in [1.165, 1.54) is 33.4 Å². The van der Waals surface area contributed by atoms with Gasteiger partial charge in [-0.05, 0) is 83.0 Å². The van der Waals surface area contributed by atoms with Crippen LogP contribution in [0.1, 0.15) is 38.9 Å². The summed E-state index contributed by atoms with van der Waals surface area (Å²) in [5, 5.41) is 0. The van der Waals surface area contributed by atoms with Crippen molar-refractivity contribution in [3.05, 3.63) is 75.3 Å². The molecule has 0 saturated heterocycles. The van der Waals surface area contributed by atoms with Crippen molar-refractivity contribution < 1.29 is 23.7 Å². The highest BCUT2D eigenvalue weighted by Gasteiger charge is 2.21. The largest absolute Gasteiger partial charge is 0.496 e.